The largest absolute Gasteiger partial charge is 0.384 e. The molecule has 7 nitrogen and oxygen atoms in total. The lowest BCUT2D eigenvalue weighted by Gasteiger charge is -2.05. The van der Waals surface area contributed by atoms with Gasteiger partial charge in [-0.3, -0.25) is 9.78 Å². The van der Waals surface area contributed by atoms with Crippen LogP contribution in [0.5, 0.6) is 0 Å². The van der Waals surface area contributed by atoms with E-state index in [1.807, 2.05) is 0 Å². The van der Waals surface area contributed by atoms with Crippen LogP contribution in [0.2, 0.25) is 0 Å². The van der Waals surface area contributed by atoms with Crippen molar-refractivity contribution in [3.63, 3.8) is 0 Å². The quantitative estimate of drug-likeness (QED) is 0.570. The molecule has 15 heavy (non-hydrogen) atoms. The average molecular weight is 207 g/mol. The summed E-state index contributed by atoms with van der Waals surface area (Å²) in [6.07, 6.45) is 0. The number of hydrogen-bond acceptors (Lipinski definition) is 5. The maximum absolute atomic E-state index is 11.7. The van der Waals surface area contributed by atoms with Crippen molar-refractivity contribution >= 4 is 16.9 Å². The van der Waals surface area contributed by atoms with E-state index in [1.54, 1.807) is 14.0 Å². The third-order valence-corrected chi connectivity index (χ3v) is 2.10. The van der Waals surface area contributed by atoms with Gasteiger partial charge < -0.3 is 5.73 Å². The summed E-state index contributed by atoms with van der Waals surface area (Å²) in [5.74, 6) is 0.0242. The first-order valence-corrected chi connectivity index (χ1v) is 4.24. The molecule has 0 saturated heterocycles. The van der Waals surface area contributed by atoms with Crippen LogP contribution < -0.4 is 16.9 Å². The molecule has 2 rings (SSSR count). The van der Waals surface area contributed by atoms with Crippen LogP contribution in [0.1, 0.15) is 5.69 Å². The Morgan fingerprint density at radius 3 is 2.73 bits per heavy atom. The Morgan fingerprint density at radius 2 is 2.07 bits per heavy atom. The van der Waals surface area contributed by atoms with Gasteiger partial charge in [-0.2, -0.15) is 10.1 Å². The Balaban J connectivity index is 3.17. The summed E-state index contributed by atoms with van der Waals surface area (Å²) in [5.41, 5.74) is 5.14. The van der Waals surface area contributed by atoms with Gasteiger partial charge in [-0.15, -0.1) is 0 Å². The van der Waals surface area contributed by atoms with Crippen LogP contribution in [-0.2, 0) is 7.05 Å². The van der Waals surface area contributed by atoms with Crippen LogP contribution in [0.25, 0.3) is 11.0 Å². The number of nitrogens with one attached hydrogen (secondary N) is 1. The molecule has 0 saturated carbocycles. The molecule has 3 N–H and O–H groups in total. The summed E-state index contributed by atoms with van der Waals surface area (Å²) in [5, 5.41) is 4.12. The number of aryl methyl sites for hydroxylation is 2. The van der Waals surface area contributed by atoms with Crippen molar-refractivity contribution in [3.05, 3.63) is 26.4 Å². The van der Waals surface area contributed by atoms with E-state index < -0.39 is 5.69 Å². The Hall–Kier alpha value is -2.18. The van der Waals surface area contributed by atoms with Crippen molar-refractivity contribution in [3.8, 4) is 0 Å². The Morgan fingerprint density at radius 1 is 1.40 bits per heavy atom. The molecule has 0 atom stereocenters. The van der Waals surface area contributed by atoms with Crippen molar-refractivity contribution in [1.82, 2.24) is 19.7 Å². The molecule has 0 amide bonds. The Bertz CT molecular complexity index is 654. The predicted octanol–water partition coefficient (Wildman–Crippen LogP) is -1.09. The highest BCUT2D eigenvalue weighted by Crippen LogP contribution is 2.08. The maximum atomic E-state index is 11.7. The molecule has 2 heterocycles. The van der Waals surface area contributed by atoms with Gasteiger partial charge in [0, 0.05) is 7.05 Å². The molecule has 0 radical (unpaired) electrons. The molecule has 7 heteroatoms. The summed E-state index contributed by atoms with van der Waals surface area (Å²) in [4.78, 5) is 28.7. The van der Waals surface area contributed by atoms with Crippen molar-refractivity contribution in [1.29, 1.82) is 0 Å². The molecule has 0 unspecified atom stereocenters. The molecule has 0 aliphatic heterocycles. The van der Waals surface area contributed by atoms with E-state index in [9.17, 15) is 9.59 Å². The van der Waals surface area contributed by atoms with E-state index in [4.69, 9.17) is 5.73 Å². The topological polar surface area (TPSA) is 107 Å². The van der Waals surface area contributed by atoms with E-state index in [0.717, 1.165) is 0 Å². The number of nitrogen functional groups attached to an aromatic ring is 1. The summed E-state index contributed by atoms with van der Waals surface area (Å²) in [7, 11) is 1.60. The lowest BCUT2D eigenvalue weighted by atomic mass is 10.3. The normalized spacial score (nSPS) is 10.8. The standard InChI is InChI=1S/C8H9N5O2/c1-3-5(14)4-6(9)10-8(15)11-7(4)13(2)12-3/h1-2H3,(H3,9,10,11,15). The van der Waals surface area contributed by atoms with Gasteiger partial charge in [0.2, 0.25) is 5.43 Å². The summed E-state index contributed by atoms with van der Waals surface area (Å²) < 4.78 is 1.36. The van der Waals surface area contributed by atoms with Gasteiger partial charge >= 0.3 is 5.69 Å². The van der Waals surface area contributed by atoms with Gasteiger partial charge in [-0.1, -0.05) is 0 Å². The van der Waals surface area contributed by atoms with Crippen LogP contribution in [0, 0.1) is 6.92 Å². The van der Waals surface area contributed by atoms with Gasteiger partial charge in [-0.05, 0) is 6.92 Å². The number of fused-ring (bicyclic) bond motifs is 1. The molecule has 0 spiro atoms. The van der Waals surface area contributed by atoms with Crippen LogP contribution in [0.4, 0.5) is 5.82 Å². The first-order valence-electron chi connectivity index (χ1n) is 4.24. The summed E-state index contributed by atoms with van der Waals surface area (Å²) >= 11 is 0. The summed E-state index contributed by atoms with van der Waals surface area (Å²) in [6.45, 7) is 1.58. The highest BCUT2D eigenvalue weighted by atomic mass is 16.1. The molecule has 0 aromatic carbocycles. The second kappa shape index (κ2) is 2.91. The predicted molar refractivity (Wildman–Crippen MR) is 54.5 cm³/mol. The van der Waals surface area contributed by atoms with E-state index in [-0.39, 0.29) is 22.3 Å². The average Bonchev–Trinajstić information content (AvgIpc) is 2.13. The van der Waals surface area contributed by atoms with Gasteiger partial charge in [0.25, 0.3) is 0 Å². The summed E-state index contributed by atoms with van der Waals surface area (Å²) in [6, 6.07) is 0. The minimum absolute atomic E-state index is 0.0242. The lowest BCUT2D eigenvalue weighted by molar-refractivity contribution is 0.739. The van der Waals surface area contributed by atoms with Crippen LogP contribution in [0.3, 0.4) is 0 Å². The Kier molecular flexibility index (Phi) is 1.82. The molecule has 0 bridgehead atoms. The number of aromatic nitrogens is 4. The molecular weight excluding hydrogens is 198 g/mol. The fourth-order valence-corrected chi connectivity index (χ4v) is 1.43. The fourth-order valence-electron chi connectivity index (χ4n) is 1.43. The second-order valence-electron chi connectivity index (χ2n) is 3.19. The molecule has 0 fully saturated rings. The Labute approximate surface area is 83.6 Å². The smallest absolute Gasteiger partial charge is 0.348 e. The lowest BCUT2D eigenvalue weighted by Crippen LogP contribution is -2.23. The van der Waals surface area contributed by atoms with E-state index in [1.165, 1.54) is 4.68 Å². The molecule has 0 aliphatic carbocycles. The number of nitrogens with zero attached hydrogens (tertiary/aromatic N) is 3. The third-order valence-electron chi connectivity index (χ3n) is 2.10. The third kappa shape index (κ3) is 1.28. The van der Waals surface area contributed by atoms with Crippen LogP contribution >= 0.6 is 0 Å². The van der Waals surface area contributed by atoms with Crippen LogP contribution in [-0.4, -0.2) is 19.7 Å². The highest BCUT2D eigenvalue weighted by molar-refractivity contribution is 5.84. The van der Waals surface area contributed by atoms with Gasteiger partial charge in [-0.25, -0.2) is 9.48 Å². The van der Waals surface area contributed by atoms with E-state index in [0.29, 0.717) is 5.69 Å². The first-order chi connectivity index (χ1) is 7.00. The van der Waals surface area contributed by atoms with Gasteiger partial charge in [0.05, 0.1) is 0 Å². The van der Waals surface area contributed by atoms with Crippen molar-refractivity contribution in [2.75, 3.05) is 5.73 Å². The minimum atomic E-state index is -0.597. The number of aromatic amines is 1. The zero-order valence-electron chi connectivity index (χ0n) is 8.24. The zero-order chi connectivity index (χ0) is 11.2. The maximum Gasteiger partial charge on any atom is 0.348 e. The van der Waals surface area contributed by atoms with Crippen molar-refractivity contribution in [2.24, 2.45) is 7.05 Å². The fraction of sp³-hybridized carbons (Fsp3) is 0.250. The molecule has 2 aromatic rings. The number of rotatable bonds is 0. The number of hydrogen-bond donors (Lipinski definition) is 2. The van der Waals surface area contributed by atoms with Crippen molar-refractivity contribution in [2.45, 2.75) is 6.92 Å². The highest BCUT2D eigenvalue weighted by Gasteiger charge is 2.11. The first kappa shape index (κ1) is 9.38. The monoisotopic (exact) mass is 207 g/mol. The molecule has 2 aromatic heterocycles. The SMILES string of the molecule is Cc1nn(C)c2nc(=O)[nH]c(N)c2c1=O. The second-order valence-corrected chi connectivity index (χ2v) is 3.19. The number of anilines is 1. The molecule has 0 aliphatic rings. The van der Waals surface area contributed by atoms with E-state index >= 15 is 0 Å². The van der Waals surface area contributed by atoms with Crippen LogP contribution in [0.15, 0.2) is 9.59 Å². The minimum Gasteiger partial charge on any atom is -0.384 e. The molecule has 78 valence electrons. The van der Waals surface area contributed by atoms with E-state index in [2.05, 4.69) is 15.1 Å². The number of H-pyrrole nitrogens is 1. The van der Waals surface area contributed by atoms with Gasteiger partial charge in [0.15, 0.2) is 5.65 Å². The number of nitrogens with two attached hydrogens (primary N) is 1. The zero-order valence-corrected chi connectivity index (χ0v) is 8.24. The molecular formula is C8H9N5O2. The van der Waals surface area contributed by atoms with Gasteiger partial charge in [0.1, 0.15) is 16.9 Å². The van der Waals surface area contributed by atoms with Crippen molar-refractivity contribution < 1.29 is 0 Å².